The molecule has 2 aromatic rings. The van der Waals surface area contributed by atoms with Gasteiger partial charge >= 0.3 is 0 Å². The molecule has 0 saturated heterocycles. The van der Waals surface area contributed by atoms with E-state index in [-0.39, 0.29) is 17.1 Å². The maximum atomic E-state index is 12.0. The van der Waals surface area contributed by atoms with Gasteiger partial charge in [0.2, 0.25) is 5.82 Å². The van der Waals surface area contributed by atoms with Gasteiger partial charge in [-0.15, -0.1) is 5.10 Å². The number of aromatic amines is 1. The van der Waals surface area contributed by atoms with Crippen molar-refractivity contribution in [2.45, 2.75) is 39.7 Å². The van der Waals surface area contributed by atoms with Gasteiger partial charge < -0.3 is 5.32 Å². The van der Waals surface area contributed by atoms with Crippen molar-refractivity contribution < 1.29 is 4.79 Å². The maximum absolute atomic E-state index is 12.0. The molecular formula is C15H20N4O. The fourth-order valence-corrected chi connectivity index (χ4v) is 1.78. The standard InChI is InChI=1S/C15H20N4O/c1-10-6-5-7-11(8-10)9-16-13(20)12-17-14(19-18-12)15(2,3)4/h5-8H,9H2,1-4H3,(H,16,20)(H,17,18,19). The first-order valence-electron chi connectivity index (χ1n) is 6.63. The molecule has 1 heterocycles. The van der Waals surface area contributed by atoms with Gasteiger partial charge in [-0.05, 0) is 12.5 Å². The summed E-state index contributed by atoms with van der Waals surface area (Å²) in [7, 11) is 0. The Kier molecular flexibility index (Phi) is 3.88. The van der Waals surface area contributed by atoms with Crippen molar-refractivity contribution in [1.29, 1.82) is 0 Å². The quantitative estimate of drug-likeness (QED) is 0.901. The minimum Gasteiger partial charge on any atom is -0.345 e. The van der Waals surface area contributed by atoms with Crippen molar-refractivity contribution in [3.8, 4) is 0 Å². The summed E-state index contributed by atoms with van der Waals surface area (Å²) in [5, 5.41) is 9.60. The lowest BCUT2D eigenvalue weighted by molar-refractivity contribution is 0.0941. The predicted octanol–water partition coefficient (Wildman–Crippen LogP) is 2.34. The van der Waals surface area contributed by atoms with E-state index < -0.39 is 0 Å². The van der Waals surface area contributed by atoms with Gasteiger partial charge in [0.05, 0.1) is 0 Å². The van der Waals surface area contributed by atoms with Gasteiger partial charge in [0.15, 0.2) is 0 Å². The van der Waals surface area contributed by atoms with E-state index in [2.05, 4.69) is 20.5 Å². The molecule has 0 unspecified atom stereocenters. The second-order valence-corrected chi connectivity index (χ2v) is 5.93. The van der Waals surface area contributed by atoms with Gasteiger partial charge in [-0.2, -0.15) is 0 Å². The first-order chi connectivity index (χ1) is 9.36. The number of benzene rings is 1. The van der Waals surface area contributed by atoms with Crippen molar-refractivity contribution in [3.05, 3.63) is 47.0 Å². The number of amides is 1. The average molecular weight is 272 g/mol. The number of H-pyrrole nitrogens is 1. The van der Waals surface area contributed by atoms with E-state index in [0.29, 0.717) is 12.4 Å². The van der Waals surface area contributed by atoms with Crippen LogP contribution in [-0.2, 0) is 12.0 Å². The van der Waals surface area contributed by atoms with Crippen LogP contribution in [0.2, 0.25) is 0 Å². The van der Waals surface area contributed by atoms with Gasteiger partial charge in [-0.25, -0.2) is 4.98 Å². The molecule has 0 spiro atoms. The van der Waals surface area contributed by atoms with Crippen molar-refractivity contribution in [1.82, 2.24) is 20.5 Å². The number of aryl methyl sites for hydroxylation is 1. The third-order valence-corrected chi connectivity index (χ3v) is 2.93. The molecule has 5 nitrogen and oxygen atoms in total. The Labute approximate surface area is 118 Å². The lowest BCUT2D eigenvalue weighted by Gasteiger charge is -2.12. The smallest absolute Gasteiger partial charge is 0.291 e. The average Bonchev–Trinajstić information content (AvgIpc) is 2.85. The minimum atomic E-state index is -0.266. The first kappa shape index (κ1) is 14.2. The first-order valence-corrected chi connectivity index (χ1v) is 6.63. The minimum absolute atomic E-state index is 0.151. The second-order valence-electron chi connectivity index (χ2n) is 5.93. The van der Waals surface area contributed by atoms with Gasteiger partial charge in [0.1, 0.15) is 5.82 Å². The highest BCUT2D eigenvalue weighted by atomic mass is 16.2. The van der Waals surface area contributed by atoms with E-state index in [9.17, 15) is 4.79 Å². The largest absolute Gasteiger partial charge is 0.345 e. The zero-order chi connectivity index (χ0) is 14.8. The van der Waals surface area contributed by atoms with E-state index >= 15 is 0 Å². The van der Waals surface area contributed by atoms with Crippen molar-refractivity contribution >= 4 is 5.91 Å². The summed E-state index contributed by atoms with van der Waals surface area (Å²) >= 11 is 0. The summed E-state index contributed by atoms with van der Waals surface area (Å²) in [5.41, 5.74) is 2.08. The maximum Gasteiger partial charge on any atom is 0.291 e. The second kappa shape index (κ2) is 5.45. The Balaban J connectivity index is 2.00. The highest BCUT2D eigenvalue weighted by Gasteiger charge is 2.21. The van der Waals surface area contributed by atoms with Crippen LogP contribution in [0.15, 0.2) is 24.3 Å². The highest BCUT2D eigenvalue weighted by Crippen LogP contribution is 2.17. The number of carbonyl (C=O) groups excluding carboxylic acids is 1. The number of nitrogens with one attached hydrogen (secondary N) is 2. The summed E-state index contributed by atoms with van der Waals surface area (Å²) < 4.78 is 0. The number of nitrogens with zero attached hydrogens (tertiary/aromatic N) is 2. The Hall–Kier alpha value is -2.17. The van der Waals surface area contributed by atoms with Crippen LogP contribution in [0.1, 0.15) is 48.3 Å². The number of carbonyl (C=O) groups is 1. The van der Waals surface area contributed by atoms with Crippen LogP contribution in [-0.4, -0.2) is 21.1 Å². The Morgan fingerprint density at radius 3 is 2.70 bits per heavy atom. The van der Waals surface area contributed by atoms with Crippen LogP contribution >= 0.6 is 0 Å². The predicted molar refractivity (Wildman–Crippen MR) is 77.4 cm³/mol. The molecule has 2 N–H and O–H groups in total. The van der Waals surface area contributed by atoms with E-state index in [1.807, 2.05) is 52.0 Å². The molecule has 0 bridgehead atoms. The normalized spacial score (nSPS) is 11.4. The summed E-state index contributed by atoms with van der Waals surface area (Å²) in [6.45, 7) is 8.54. The third kappa shape index (κ3) is 3.44. The molecule has 0 radical (unpaired) electrons. The molecule has 106 valence electrons. The number of aromatic nitrogens is 3. The third-order valence-electron chi connectivity index (χ3n) is 2.93. The van der Waals surface area contributed by atoms with Gasteiger partial charge in [0, 0.05) is 12.0 Å². The van der Waals surface area contributed by atoms with Crippen LogP contribution in [0, 0.1) is 6.92 Å². The van der Waals surface area contributed by atoms with Crippen LogP contribution in [0.25, 0.3) is 0 Å². The Bertz CT molecular complexity index is 610. The highest BCUT2D eigenvalue weighted by molar-refractivity contribution is 5.90. The fraction of sp³-hybridized carbons (Fsp3) is 0.400. The molecule has 0 aliphatic carbocycles. The fourth-order valence-electron chi connectivity index (χ4n) is 1.78. The van der Waals surface area contributed by atoms with E-state index in [1.54, 1.807) is 0 Å². The van der Waals surface area contributed by atoms with Gasteiger partial charge in [-0.3, -0.25) is 9.89 Å². The lowest BCUT2D eigenvalue weighted by atomic mass is 9.96. The summed E-state index contributed by atoms with van der Waals surface area (Å²) in [6.07, 6.45) is 0. The van der Waals surface area contributed by atoms with E-state index in [0.717, 1.165) is 5.56 Å². The van der Waals surface area contributed by atoms with Gasteiger partial charge in [-0.1, -0.05) is 50.6 Å². The Morgan fingerprint density at radius 1 is 1.35 bits per heavy atom. The molecule has 0 aliphatic heterocycles. The SMILES string of the molecule is Cc1cccc(CNC(=O)c2n[nH]c(C(C)(C)C)n2)c1. The molecule has 2 rings (SSSR count). The molecule has 0 aliphatic rings. The number of hydrogen-bond donors (Lipinski definition) is 2. The molecule has 20 heavy (non-hydrogen) atoms. The van der Waals surface area contributed by atoms with Gasteiger partial charge in [0.25, 0.3) is 5.91 Å². The molecule has 0 atom stereocenters. The number of hydrogen-bond acceptors (Lipinski definition) is 3. The topological polar surface area (TPSA) is 70.7 Å². The molecular weight excluding hydrogens is 252 g/mol. The van der Waals surface area contributed by atoms with Crippen LogP contribution in [0.3, 0.4) is 0 Å². The molecule has 5 heteroatoms. The van der Waals surface area contributed by atoms with E-state index in [1.165, 1.54) is 5.56 Å². The van der Waals surface area contributed by atoms with Crippen LogP contribution in [0.5, 0.6) is 0 Å². The summed E-state index contributed by atoms with van der Waals surface area (Å²) in [6, 6.07) is 8.02. The summed E-state index contributed by atoms with van der Waals surface area (Å²) in [4.78, 5) is 16.2. The monoisotopic (exact) mass is 272 g/mol. The molecule has 1 aromatic heterocycles. The summed E-state index contributed by atoms with van der Waals surface area (Å²) in [5.74, 6) is 0.624. The van der Waals surface area contributed by atoms with Crippen molar-refractivity contribution in [3.63, 3.8) is 0 Å². The lowest BCUT2D eigenvalue weighted by Crippen LogP contribution is -2.24. The zero-order valence-electron chi connectivity index (χ0n) is 12.3. The van der Waals surface area contributed by atoms with Crippen molar-refractivity contribution in [2.75, 3.05) is 0 Å². The van der Waals surface area contributed by atoms with Crippen LogP contribution in [0.4, 0.5) is 0 Å². The van der Waals surface area contributed by atoms with E-state index in [4.69, 9.17) is 0 Å². The zero-order valence-corrected chi connectivity index (χ0v) is 12.3. The molecule has 1 amide bonds. The number of rotatable bonds is 3. The van der Waals surface area contributed by atoms with Crippen LogP contribution < -0.4 is 5.32 Å². The molecule has 1 aromatic carbocycles. The Morgan fingerprint density at radius 2 is 2.10 bits per heavy atom. The molecule has 0 saturated carbocycles. The molecule has 0 fully saturated rings. The van der Waals surface area contributed by atoms with Crippen molar-refractivity contribution in [2.24, 2.45) is 0 Å².